The molecule has 3 fully saturated rings. The van der Waals surface area contributed by atoms with Crippen molar-refractivity contribution in [2.24, 2.45) is 0 Å². The molecule has 1 N–H and O–H groups in total. The Morgan fingerprint density at radius 3 is 2.32 bits per heavy atom. The molecule has 0 aromatic rings. The van der Waals surface area contributed by atoms with Gasteiger partial charge in [0.05, 0.1) is 0 Å². The summed E-state index contributed by atoms with van der Waals surface area (Å²) in [5.41, 5.74) is 0. The number of nitrogens with one attached hydrogen (secondary N) is 1. The van der Waals surface area contributed by atoms with Crippen LogP contribution < -0.4 is 5.32 Å². The smallest absolute Gasteiger partial charge is 0.317 e. The number of ether oxygens (including phenoxy) is 1. The van der Waals surface area contributed by atoms with Crippen LogP contribution in [-0.2, 0) is 4.74 Å². The molecule has 3 aliphatic rings. The maximum atomic E-state index is 12.4. The van der Waals surface area contributed by atoms with E-state index in [1.54, 1.807) is 0 Å². The highest BCUT2D eigenvalue weighted by atomic mass is 16.5. The van der Waals surface area contributed by atoms with E-state index < -0.39 is 0 Å². The zero-order chi connectivity index (χ0) is 15.4. The highest BCUT2D eigenvalue weighted by Gasteiger charge is 2.29. The van der Waals surface area contributed by atoms with Gasteiger partial charge >= 0.3 is 6.03 Å². The molecule has 0 aromatic carbocycles. The summed E-state index contributed by atoms with van der Waals surface area (Å²) < 4.78 is 5.45. The molecule has 3 rings (SSSR count). The summed E-state index contributed by atoms with van der Waals surface area (Å²) in [5.74, 6) is 0. The van der Waals surface area contributed by atoms with Crippen molar-refractivity contribution in [2.75, 3.05) is 33.4 Å². The number of amides is 2. The maximum Gasteiger partial charge on any atom is 0.317 e. The Kier molecular flexibility index (Phi) is 5.58. The highest BCUT2D eigenvalue weighted by Crippen LogP contribution is 2.23. The lowest BCUT2D eigenvalue weighted by Gasteiger charge is -2.39. The molecule has 5 nitrogen and oxygen atoms in total. The minimum absolute atomic E-state index is 0.136. The van der Waals surface area contributed by atoms with Gasteiger partial charge in [0.1, 0.15) is 0 Å². The first-order valence-electron chi connectivity index (χ1n) is 9.09. The molecule has 0 unspecified atom stereocenters. The summed E-state index contributed by atoms with van der Waals surface area (Å²) in [6, 6.07) is 1.65. The molecule has 0 aromatic heterocycles. The minimum atomic E-state index is 0.136. The van der Waals surface area contributed by atoms with Crippen molar-refractivity contribution in [1.29, 1.82) is 0 Å². The second-order valence-electron chi connectivity index (χ2n) is 7.15. The predicted molar refractivity (Wildman–Crippen MR) is 87.0 cm³/mol. The Labute approximate surface area is 134 Å². The molecule has 22 heavy (non-hydrogen) atoms. The van der Waals surface area contributed by atoms with Crippen LogP contribution in [-0.4, -0.2) is 67.3 Å². The minimum Gasteiger partial charge on any atom is -0.381 e. The van der Waals surface area contributed by atoms with Crippen LogP contribution in [0.1, 0.15) is 51.4 Å². The second-order valence-corrected chi connectivity index (χ2v) is 7.15. The summed E-state index contributed by atoms with van der Waals surface area (Å²) in [7, 11) is 1.96. The first-order chi connectivity index (χ1) is 10.7. The number of carbonyl (C=O) groups excluding carboxylic acids is 1. The van der Waals surface area contributed by atoms with Gasteiger partial charge in [0.25, 0.3) is 0 Å². The zero-order valence-electron chi connectivity index (χ0n) is 13.9. The third-order valence-corrected chi connectivity index (χ3v) is 5.76. The number of hydrogen-bond acceptors (Lipinski definition) is 3. The summed E-state index contributed by atoms with van der Waals surface area (Å²) in [5, 5.41) is 3.25. The fourth-order valence-electron chi connectivity index (χ4n) is 4.19. The monoisotopic (exact) mass is 309 g/mol. The lowest BCUT2D eigenvalue weighted by atomic mass is 10.00. The SMILES string of the molecule is CN(C(=O)NC1CCN(C2CCOCC2)CC1)C1CCCC1. The van der Waals surface area contributed by atoms with E-state index in [9.17, 15) is 4.79 Å². The summed E-state index contributed by atoms with van der Waals surface area (Å²) in [6.45, 7) is 4.05. The number of carbonyl (C=O) groups is 1. The molecule has 0 atom stereocenters. The van der Waals surface area contributed by atoms with Gasteiger partial charge in [0.15, 0.2) is 0 Å². The van der Waals surface area contributed by atoms with E-state index in [0.717, 1.165) is 39.1 Å². The van der Waals surface area contributed by atoms with Crippen molar-refractivity contribution in [3.63, 3.8) is 0 Å². The highest BCUT2D eigenvalue weighted by molar-refractivity contribution is 5.74. The second kappa shape index (κ2) is 7.64. The molecule has 2 saturated heterocycles. The third kappa shape index (κ3) is 3.93. The molecular formula is C17H31N3O2. The fourth-order valence-corrected chi connectivity index (χ4v) is 4.19. The van der Waals surface area contributed by atoms with E-state index in [0.29, 0.717) is 18.1 Å². The molecular weight excluding hydrogens is 278 g/mol. The lowest BCUT2D eigenvalue weighted by molar-refractivity contribution is 0.0241. The van der Waals surface area contributed by atoms with Crippen LogP contribution in [0.3, 0.4) is 0 Å². The molecule has 2 aliphatic heterocycles. The van der Waals surface area contributed by atoms with E-state index in [2.05, 4.69) is 10.2 Å². The quantitative estimate of drug-likeness (QED) is 0.869. The van der Waals surface area contributed by atoms with Gasteiger partial charge in [-0.15, -0.1) is 0 Å². The molecule has 2 amide bonds. The van der Waals surface area contributed by atoms with Crippen molar-refractivity contribution in [3.05, 3.63) is 0 Å². The molecule has 0 spiro atoms. The Morgan fingerprint density at radius 2 is 1.68 bits per heavy atom. The fraction of sp³-hybridized carbons (Fsp3) is 0.941. The average Bonchev–Trinajstić information content (AvgIpc) is 3.10. The third-order valence-electron chi connectivity index (χ3n) is 5.76. The van der Waals surface area contributed by atoms with Crippen LogP contribution in [0.2, 0.25) is 0 Å². The molecule has 1 aliphatic carbocycles. The number of urea groups is 1. The van der Waals surface area contributed by atoms with E-state index in [1.807, 2.05) is 11.9 Å². The van der Waals surface area contributed by atoms with Gasteiger partial charge in [-0.05, 0) is 38.5 Å². The van der Waals surface area contributed by atoms with Gasteiger partial charge in [-0.2, -0.15) is 0 Å². The standard InChI is InChI=1S/C17H31N3O2/c1-19(15-4-2-3-5-15)17(21)18-14-6-10-20(11-7-14)16-8-12-22-13-9-16/h14-16H,2-13H2,1H3,(H,18,21). The van der Waals surface area contributed by atoms with Gasteiger partial charge in [0.2, 0.25) is 0 Å². The van der Waals surface area contributed by atoms with E-state index >= 15 is 0 Å². The predicted octanol–water partition coefficient (Wildman–Crippen LogP) is 2.21. The molecule has 126 valence electrons. The first-order valence-corrected chi connectivity index (χ1v) is 9.09. The molecule has 0 bridgehead atoms. The Bertz CT molecular complexity index is 357. The van der Waals surface area contributed by atoms with Crippen molar-refractivity contribution < 1.29 is 9.53 Å². The van der Waals surface area contributed by atoms with Crippen molar-refractivity contribution in [1.82, 2.24) is 15.1 Å². The van der Waals surface area contributed by atoms with Gasteiger partial charge in [0, 0.05) is 51.5 Å². The summed E-state index contributed by atoms with van der Waals surface area (Å²) in [4.78, 5) is 16.9. The van der Waals surface area contributed by atoms with Crippen molar-refractivity contribution >= 4 is 6.03 Å². The molecule has 0 radical (unpaired) electrons. The van der Waals surface area contributed by atoms with Gasteiger partial charge in [-0.1, -0.05) is 12.8 Å². The number of piperidine rings is 1. The largest absolute Gasteiger partial charge is 0.381 e. The van der Waals surface area contributed by atoms with Crippen LogP contribution in [0.25, 0.3) is 0 Å². The first kappa shape index (κ1) is 16.1. The Morgan fingerprint density at radius 1 is 1.05 bits per heavy atom. The normalized spacial score (nSPS) is 26.2. The number of rotatable bonds is 3. The van der Waals surface area contributed by atoms with Crippen LogP contribution in [0.4, 0.5) is 4.79 Å². The molecule has 5 heteroatoms. The maximum absolute atomic E-state index is 12.4. The summed E-state index contributed by atoms with van der Waals surface area (Å²) in [6.07, 6.45) is 9.39. The van der Waals surface area contributed by atoms with Crippen molar-refractivity contribution in [3.8, 4) is 0 Å². The average molecular weight is 309 g/mol. The van der Waals surface area contributed by atoms with Gasteiger partial charge in [-0.25, -0.2) is 4.79 Å². The van der Waals surface area contributed by atoms with Crippen LogP contribution >= 0.6 is 0 Å². The summed E-state index contributed by atoms with van der Waals surface area (Å²) >= 11 is 0. The number of nitrogens with zero attached hydrogens (tertiary/aromatic N) is 2. The molecule has 2 heterocycles. The van der Waals surface area contributed by atoms with E-state index in [4.69, 9.17) is 4.74 Å². The topological polar surface area (TPSA) is 44.8 Å². The van der Waals surface area contributed by atoms with Crippen molar-refractivity contribution in [2.45, 2.75) is 69.5 Å². The van der Waals surface area contributed by atoms with Crippen LogP contribution in [0.15, 0.2) is 0 Å². The van der Waals surface area contributed by atoms with E-state index in [1.165, 1.54) is 38.5 Å². The van der Waals surface area contributed by atoms with Gasteiger partial charge < -0.3 is 19.9 Å². The van der Waals surface area contributed by atoms with Crippen LogP contribution in [0.5, 0.6) is 0 Å². The van der Waals surface area contributed by atoms with Gasteiger partial charge in [-0.3, -0.25) is 0 Å². The Hall–Kier alpha value is -0.810. The molecule has 1 saturated carbocycles. The zero-order valence-corrected chi connectivity index (χ0v) is 13.9. The lowest BCUT2D eigenvalue weighted by Crippen LogP contribution is -2.52. The Balaban J connectivity index is 1.40. The van der Waals surface area contributed by atoms with E-state index in [-0.39, 0.29) is 6.03 Å². The number of likely N-dealkylation sites (tertiary alicyclic amines) is 1. The number of hydrogen-bond donors (Lipinski definition) is 1. The van der Waals surface area contributed by atoms with Crippen LogP contribution in [0, 0.1) is 0 Å².